The lowest BCUT2D eigenvalue weighted by Gasteiger charge is -2.12. The minimum atomic E-state index is -0.650. The number of ketones is 1. The van der Waals surface area contributed by atoms with Crippen molar-refractivity contribution in [3.8, 4) is 11.5 Å². The van der Waals surface area contributed by atoms with Crippen molar-refractivity contribution in [2.24, 2.45) is 11.8 Å². The molecule has 5 heteroatoms. The second-order valence-electron chi connectivity index (χ2n) is 7.01. The lowest BCUT2D eigenvalue weighted by Crippen LogP contribution is -2.12. The Kier molecular flexibility index (Phi) is 7.25. The fourth-order valence-electron chi connectivity index (χ4n) is 3.21. The summed E-state index contributed by atoms with van der Waals surface area (Å²) >= 11 is 0. The average Bonchev–Trinajstić information content (AvgIpc) is 3.29. The van der Waals surface area contributed by atoms with Crippen LogP contribution in [0.4, 0.5) is 0 Å². The van der Waals surface area contributed by atoms with Crippen LogP contribution < -0.4 is 0 Å². The smallest absolute Gasteiger partial charge is 0.342 e. The van der Waals surface area contributed by atoms with Gasteiger partial charge in [-0.05, 0) is 55.2 Å². The number of hydrogen-bond acceptors (Lipinski definition) is 5. The van der Waals surface area contributed by atoms with Crippen molar-refractivity contribution in [3.63, 3.8) is 0 Å². The summed E-state index contributed by atoms with van der Waals surface area (Å²) in [6.07, 6.45) is 8.46. The molecule has 1 aromatic rings. The molecule has 0 aromatic heterocycles. The predicted molar refractivity (Wildman–Crippen MR) is 99.3 cm³/mol. The van der Waals surface area contributed by atoms with E-state index < -0.39 is 5.97 Å². The van der Waals surface area contributed by atoms with Crippen LogP contribution in [0.25, 0.3) is 0 Å². The largest absolute Gasteiger partial charge is 0.508 e. The van der Waals surface area contributed by atoms with Gasteiger partial charge in [-0.2, -0.15) is 0 Å². The van der Waals surface area contributed by atoms with Gasteiger partial charge in [-0.1, -0.05) is 26.3 Å². The molecule has 5 nitrogen and oxygen atoms in total. The van der Waals surface area contributed by atoms with Gasteiger partial charge in [0.15, 0.2) is 5.78 Å². The summed E-state index contributed by atoms with van der Waals surface area (Å²) in [5.74, 6) is -0.125. The molecule has 3 rings (SSSR count). The number of phenols is 2. The van der Waals surface area contributed by atoms with Crippen molar-refractivity contribution < 1.29 is 24.5 Å². The minimum Gasteiger partial charge on any atom is -0.508 e. The lowest BCUT2D eigenvalue weighted by molar-refractivity contribution is -0.114. The van der Waals surface area contributed by atoms with E-state index in [0.29, 0.717) is 18.4 Å². The first-order valence-electron chi connectivity index (χ1n) is 9.37. The van der Waals surface area contributed by atoms with Gasteiger partial charge in [-0.25, -0.2) is 4.79 Å². The zero-order valence-corrected chi connectivity index (χ0v) is 15.5. The molecule has 0 amide bonds. The van der Waals surface area contributed by atoms with Crippen LogP contribution in [0, 0.1) is 11.8 Å². The highest BCUT2D eigenvalue weighted by Crippen LogP contribution is 2.44. The molecule has 0 saturated heterocycles. The number of hydrogen-bond donors (Lipinski definition) is 2. The summed E-state index contributed by atoms with van der Waals surface area (Å²) in [4.78, 5) is 24.3. The number of cyclic esters (lactones) is 1. The summed E-state index contributed by atoms with van der Waals surface area (Å²) in [6.45, 7) is 4.56. The third-order valence-electron chi connectivity index (χ3n) is 4.55. The molecule has 142 valence electrons. The molecule has 2 N–H and O–H groups in total. The maximum atomic E-state index is 12.2. The molecule has 1 aliphatic carbocycles. The van der Waals surface area contributed by atoms with Crippen LogP contribution in [0.15, 0.2) is 24.3 Å². The van der Waals surface area contributed by atoms with Crippen LogP contribution >= 0.6 is 0 Å². The number of esters is 1. The Balaban J connectivity index is 0.000000758. The number of rotatable bonds is 0. The van der Waals surface area contributed by atoms with E-state index in [2.05, 4.69) is 13.8 Å². The Morgan fingerprint density at radius 3 is 2.54 bits per heavy atom. The van der Waals surface area contributed by atoms with E-state index in [9.17, 15) is 19.8 Å². The van der Waals surface area contributed by atoms with Gasteiger partial charge in [0.05, 0.1) is 6.61 Å². The summed E-state index contributed by atoms with van der Waals surface area (Å²) in [5.41, 5.74) is 0.248. The fraction of sp³-hybridized carbons (Fsp3) is 0.524. The highest BCUT2D eigenvalue weighted by molar-refractivity contribution is 5.98. The molecular formula is C21H28O5. The van der Waals surface area contributed by atoms with Crippen LogP contribution in [0.3, 0.4) is 0 Å². The number of carbonyl (C=O) groups is 2. The van der Waals surface area contributed by atoms with E-state index in [1.807, 2.05) is 6.08 Å². The summed E-state index contributed by atoms with van der Waals surface area (Å²) in [7, 11) is 0. The standard InChI is InChI=1S/C18H20O5.C3H8/c19-14-4-2-1-3-11-7-12(11)5-6-23-18(22)17-13(8-14)9-15(20)10-16(17)21;1-3-2/h2,4,9-12,20-21H,1,3,5-8H2;3H2,1-2H3/b4-2+;/t11-,12-;/m1./s1. The number of benzene rings is 1. The van der Waals surface area contributed by atoms with E-state index >= 15 is 0 Å². The van der Waals surface area contributed by atoms with Crippen molar-refractivity contribution in [1.29, 1.82) is 0 Å². The molecule has 1 heterocycles. The van der Waals surface area contributed by atoms with Gasteiger partial charge in [-0.3, -0.25) is 4.79 Å². The molecule has 0 radical (unpaired) electrons. The third-order valence-corrected chi connectivity index (χ3v) is 4.55. The second kappa shape index (κ2) is 9.41. The number of carbonyl (C=O) groups excluding carboxylic acids is 2. The highest BCUT2D eigenvalue weighted by Gasteiger charge is 2.35. The van der Waals surface area contributed by atoms with Gasteiger partial charge >= 0.3 is 5.97 Å². The molecule has 1 fully saturated rings. The van der Waals surface area contributed by atoms with E-state index in [-0.39, 0.29) is 34.8 Å². The van der Waals surface area contributed by atoms with Crippen LogP contribution in [-0.2, 0) is 16.0 Å². The zero-order valence-electron chi connectivity index (χ0n) is 15.5. The summed E-state index contributed by atoms with van der Waals surface area (Å²) < 4.78 is 5.26. The van der Waals surface area contributed by atoms with Crippen LogP contribution in [0.1, 0.15) is 61.9 Å². The molecule has 1 saturated carbocycles. The molecule has 0 bridgehead atoms. The molecule has 1 aliphatic heterocycles. The van der Waals surface area contributed by atoms with E-state index in [4.69, 9.17) is 4.74 Å². The number of aromatic hydroxyl groups is 2. The number of allylic oxidation sites excluding steroid dienone is 2. The maximum absolute atomic E-state index is 12.2. The topological polar surface area (TPSA) is 83.8 Å². The molecule has 0 unspecified atom stereocenters. The first-order chi connectivity index (χ1) is 12.5. The average molecular weight is 360 g/mol. The fourth-order valence-corrected chi connectivity index (χ4v) is 3.21. The van der Waals surface area contributed by atoms with Crippen LogP contribution in [0.2, 0.25) is 0 Å². The van der Waals surface area contributed by atoms with Crippen molar-refractivity contribution in [2.45, 2.75) is 52.4 Å². The highest BCUT2D eigenvalue weighted by atomic mass is 16.5. The first-order valence-corrected chi connectivity index (χ1v) is 9.37. The summed E-state index contributed by atoms with van der Waals surface area (Å²) in [5, 5.41) is 19.6. The Morgan fingerprint density at radius 1 is 1.12 bits per heavy atom. The molecule has 2 aliphatic rings. The van der Waals surface area contributed by atoms with Gasteiger partial charge in [0.2, 0.25) is 0 Å². The molecule has 0 spiro atoms. The number of phenolic OH excluding ortho intramolecular Hbond substituents is 2. The Bertz CT molecular complexity index is 677. The van der Waals surface area contributed by atoms with Crippen molar-refractivity contribution in [3.05, 3.63) is 35.4 Å². The quantitative estimate of drug-likeness (QED) is 0.679. The Morgan fingerprint density at radius 2 is 1.81 bits per heavy atom. The lowest BCUT2D eigenvalue weighted by atomic mass is 10.00. The van der Waals surface area contributed by atoms with Gasteiger partial charge in [-0.15, -0.1) is 0 Å². The van der Waals surface area contributed by atoms with Gasteiger partial charge in [0, 0.05) is 12.5 Å². The van der Waals surface area contributed by atoms with Crippen molar-refractivity contribution >= 4 is 11.8 Å². The van der Waals surface area contributed by atoms with Crippen molar-refractivity contribution in [2.75, 3.05) is 6.61 Å². The maximum Gasteiger partial charge on any atom is 0.342 e. The van der Waals surface area contributed by atoms with E-state index in [0.717, 1.165) is 31.7 Å². The third kappa shape index (κ3) is 5.61. The second-order valence-corrected chi connectivity index (χ2v) is 7.01. The van der Waals surface area contributed by atoms with E-state index in [1.54, 1.807) is 0 Å². The Hall–Kier alpha value is -2.30. The zero-order chi connectivity index (χ0) is 19.1. The number of fused-ring (bicyclic) bond motifs is 2. The first kappa shape index (κ1) is 20.0. The van der Waals surface area contributed by atoms with Gasteiger partial charge in [0.25, 0.3) is 0 Å². The minimum absolute atomic E-state index is 0.0334. The van der Waals surface area contributed by atoms with Crippen molar-refractivity contribution in [1.82, 2.24) is 0 Å². The molecule has 26 heavy (non-hydrogen) atoms. The summed E-state index contributed by atoms with van der Waals surface area (Å²) in [6, 6.07) is 2.41. The van der Waals surface area contributed by atoms with E-state index in [1.165, 1.54) is 18.6 Å². The monoisotopic (exact) mass is 360 g/mol. The molecular weight excluding hydrogens is 332 g/mol. The normalized spacial score (nSPS) is 24.1. The molecule has 1 aromatic carbocycles. The van der Waals surface area contributed by atoms with Crippen LogP contribution in [-0.4, -0.2) is 28.6 Å². The SMILES string of the molecule is CCC.O=C1/C=C/CC[C@@H]2C[C@H]2CCOC(=O)c2c(O)cc(O)cc2C1. The number of ether oxygens (including phenoxy) is 1. The van der Waals surface area contributed by atoms with Gasteiger partial charge in [0.1, 0.15) is 17.1 Å². The van der Waals surface area contributed by atoms with Crippen LogP contribution in [0.5, 0.6) is 11.5 Å². The molecule has 2 atom stereocenters. The van der Waals surface area contributed by atoms with Gasteiger partial charge < -0.3 is 14.9 Å². The Labute approximate surface area is 154 Å². The predicted octanol–water partition coefficient (Wildman–Crippen LogP) is 4.16.